The standard InChI is InChI=1S/C34H28F4O8/c1-17(39)45-33-23(41-3)13-19(14-24(33)42-4)7-9-21-11-12-22(28-27(21)29(35)31(37)32(38)30(28)36)10-8-20-15-25(43-5)34(46-18(2)40)26(16-20)44-6/h7-16H,1-6H3/b9-7+,10-8+. The summed E-state index contributed by atoms with van der Waals surface area (Å²) >= 11 is 0. The average Bonchev–Trinajstić information content (AvgIpc) is 3.04. The van der Waals surface area contributed by atoms with Gasteiger partial charge < -0.3 is 28.4 Å². The molecule has 240 valence electrons. The summed E-state index contributed by atoms with van der Waals surface area (Å²) < 4.78 is 91.3. The predicted molar refractivity (Wildman–Crippen MR) is 163 cm³/mol. The Balaban J connectivity index is 1.85. The summed E-state index contributed by atoms with van der Waals surface area (Å²) in [5, 5.41) is -1.02. The topological polar surface area (TPSA) is 89.5 Å². The molecule has 0 N–H and O–H groups in total. The number of ether oxygens (including phenoxy) is 6. The van der Waals surface area contributed by atoms with E-state index in [1.165, 1.54) is 103 Å². The van der Waals surface area contributed by atoms with Crippen molar-refractivity contribution in [2.24, 2.45) is 0 Å². The first-order valence-corrected chi connectivity index (χ1v) is 13.5. The van der Waals surface area contributed by atoms with Gasteiger partial charge in [0.1, 0.15) is 0 Å². The molecule has 0 aromatic heterocycles. The number of benzene rings is 4. The Hall–Kier alpha value is -5.52. The number of methoxy groups -OCH3 is 4. The van der Waals surface area contributed by atoms with E-state index in [-0.39, 0.29) is 45.6 Å². The van der Waals surface area contributed by atoms with Crippen molar-refractivity contribution in [1.82, 2.24) is 0 Å². The van der Waals surface area contributed by atoms with E-state index < -0.39 is 46.0 Å². The molecule has 12 heteroatoms. The summed E-state index contributed by atoms with van der Waals surface area (Å²) in [6, 6.07) is 8.83. The second-order valence-corrected chi connectivity index (χ2v) is 9.61. The van der Waals surface area contributed by atoms with Gasteiger partial charge in [-0.25, -0.2) is 17.6 Å². The van der Waals surface area contributed by atoms with Gasteiger partial charge in [0.2, 0.25) is 11.5 Å². The van der Waals surface area contributed by atoms with E-state index in [9.17, 15) is 18.4 Å². The maximum atomic E-state index is 15.3. The Bertz CT molecular complexity index is 1710. The first-order chi connectivity index (χ1) is 21.9. The Kier molecular flexibility index (Phi) is 10.2. The molecule has 4 aromatic carbocycles. The minimum Gasteiger partial charge on any atom is -0.493 e. The number of esters is 2. The SMILES string of the molecule is COc1cc(/C=C/c2ccc(/C=C/c3cc(OC)c(OC(C)=O)c(OC)c3)c3c(F)c(F)c(F)c(F)c23)cc(OC)c1OC(C)=O. The molecule has 0 saturated carbocycles. The van der Waals surface area contributed by atoms with Crippen LogP contribution in [0.25, 0.3) is 35.1 Å². The number of hydrogen-bond acceptors (Lipinski definition) is 8. The minimum absolute atomic E-state index is 0.0264. The van der Waals surface area contributed by atoms with Crippen molar-refractivity contribution in [3.63, 3.8) is 0 Å². The highest BCUT2D eigenvalue weighted by molar-refractivity contribution is 6.00. The predicted octanol–water partition coefficient (Wildman–Crippen LogP) is 7.62. The van der Waals surface area contributed by atoms with E-state index >= 15 is 8.78 Å². The van der Waals surface area contributed by atoms with Crippen molar-refractivity contribution in [2.75, 3.05) is 28.4 Å². The summed E-state index contributed by atoms with van der Waals surface area (Å²) in [5.41, 5.74) is 0.924. The van der Waals surface area contributed by atoms with Crippen molar-refractivity contribution >= 4 is 47.0 Å². The van der Waals surface area contributed by atoms with Gasteiger partial charge in [-0.15, -0.1) is 0 Å². The van der Waals surface area contributed by atoms with Crippen LogP contribution in [-0.2, 0) is 9.59 Å². The van der Waals surface area contributed by atoms with Crippen molar-refractivity contribution < 1.29 is 55.6 Å². The van der Waals surface area contributed by atoms with Crippen molar-refractivity contribution in [3.05, 3.63) is 81.9 Å². The molecule has 0 unspecified atom stereocenters. The Morgan fingerprint density at radius 1 is 0.522 bits per heavy atom. The highest BCUT2D eigenvalue weighted by Crippen LogP contribution is 2.41. The Labute approximate surface area is 261 Å². The number of carbonyl (C=O) groups excluding carboxylic acids is 2. The molecule has 0 atom stereocenters. The maximum absolute atomic E-state index is 15.3. The zero-order chi connectivity index (χ0) is 33.7. The molecular formula is C34H28F4O8. The van der Waals surface area contributed by atoms with Crippen LogP contribution in [-0.4, -0.2) is 40.4 Å². The lowest BCUT2D eigenvalue weighted by molar-refractivity contribution is -0.133. The zero-order valence-corrected chi connectivity index (χ0v) is 25.6. The van der Waals surface area contributed by atoms with Gasteiger partial charge in [0.05, 0.1) is 28.4 Å². The summed E-state index contributed by atoms with van der Waals surface area (Å²) in [5.74, 6) is -7.63. The molecule has 0 saturated heterocycles. The molecule has 4 rings (SSSR count). The van der Waals surface area contributed by atoms with E-state index in [1.54, 1.807) is 0 Å². The fourth-order valence-corrected chi connectivity index (χ4v) is 4.65. The monoisotopic (exact) mass is 640 g/mol. The van der Waals surface area contributed by atoms with Crippen LogP contribution in [0.1, 0.15) is 36.1 Å². The number of hydrogen-bond donors (Lipinski definition) is 0. The lowest BCUT2D eigenvalue weighted by Gasteiger charge is -2.14. The molecule has 0 bridgehead atoms. The molecule has 0 radical (unpaired) electrons. The largest absolute Gasteiger partial charge is 0.493 e. The van der Waals surface area contributed by atoms with Crippen LogP contribution in [0.4, 0.5) is 17.6 Å². The van der Waals surface area contributed by atoms with Gasteiger partial charge in [-0.2, -0.15) is 0 Å². The molecule has 0 fully saturated rings. The maximum Gasteiger partial charge on any atom is 0.308 e. The second kappa shape index (κ2) is 14.1. The molecule has 0 aliphatic carbocycles. The van der Waals surface area contributed by atoms with Gasteiger partial charge in [0, 0.05) is 24.6 Å². The van der Waals surface area contributed by atoms with E-state index in [1.807, 2.05) is 0 Å². The van der Waals surface area contributed by atoms with Gasteiger partial charge in [-0.05, 0) is 46.5 Å². The normalized spacial score (nSPS) is 11.3. The third kappa shape index (κ3) is 6.75. The van der Waals surface area contributed by atoms with Crippen LogP contribution in [0.15, 0.2) is 36.4 Å². The second-order valence-electron chi connectivity index (χ2n) is 9.61. The lowest BCUT2D eigenvalue weighted by atomic mass is 9.96. The summed E-state index contributed by atoms with van der Waals surface area (Å²) in [7, 11) is 5.41. The molecular weight excluding hydrogens is 612 g/mol. The van der Waals surface area contributed by atoms with Crippen molar-refractivity contribution in [2.45, 2.75) is 13.8 Å². The quantitative estimate of drug-likeness (QED) is 0.0437. The Morgan fingerprint density at radius 3 is 1.09 bits per heavy atom. The van der Waals surface area contributed by atoms with Crippen LogP contribution in [0.3, 0.4) is 0 Å². The number of carbonyl (C=O) groups is 2. The molecule has 0 amide bonds. The first kappa shape index (κ1) is 33.4. The van der Waals surface area contributed by atoms with Crippen LogP contribution in [0, 0.1) is 23.3 Å². The molecule has 0 spiro atoms. The fourth-order valence-electron chi connectivity index (χ4n) is 4.65. The lowest BCUT2D eigenvalue weighted by Crippen LogP contribution is -2.05. The van der Waals surface area contributed by atoms with Gasteiger partial charge >= 0.3 is 11.9 Å². The van der Waals surface area contributed by atoms with Gasteiger partial charge in [0.25, 0.3) is 0 Å². The third-order valence-corrected chi connectivity index (χ3v) is 6.66. The summed E-state index contributed by atoms with van der Waals surface area (Å²) in [6.45, 7) is 2.42. The number of halogens is 4. The molecule has 0 aliphatic heterocycles. The highest BCUT2D eigenvalue weighted by atomic mass is 19.2. The van der Waals surface area contributed by atoms with Crippen molar-refractivity contribution in [3.8, 4) is 34.5 Å². The molecule has 46 heavy (non-hydrogen) atoms. The molecule has 4 aromatic rings. The van der Waals surface area contributed by atoms with E-state index in [0.717, 1.165) is 0 Å². The Morgan fingerprint density at radius 2 is 0.826 bits per heavy atom. The smallest absolute Gasteiger partial charge is 0.308 e. The third-order valence-electron chi connectivity index (χ3n) is 6.66. The average molecular weight is 641 g/mol. The highest BCUT2D eigenvalue weighted by Gasteiger charge is 2.24. The fraction of sp³-hybridized carbons (Fsp3) is 0.176. The summed E-state index contributed by atoms with van der Waals surface area (Å²) in [6.07, 6.45) is 5.71. The van der Waals surface area contributed by atoms with E-state index in [4.69, 9.17) is 28.4 Å². The minimum atomic E-state index is -1.97. The molecule has 8 nitrogen and oxygen atoms in total. The van der Waals surface area contributed by atoms with Crippen LogP contribution in [0.2, 0.25) is 0 Å². The van der Waals surface area contributed by atoms with Crippen LogP contribution in [0.5, 0.6) is 34.5 Å². The van der Waals surface area contributed by atoms with E-state index in [0.29, 0.717) is 11.1 Å². The molecule has 0 heterocycles. The molecule has 0 aliphatic rings. The van der Waals surface area contributed by atoms with E-state index in [2.05, 4.69) is 0 Å². The number of rotatable bonds is 10. The zero-order valence-electron chi connectivity index (χ0n) is 25.6. The van der Waals surface area contributed by atoms with Gasteiger partial charge in [-0.3, -0.25) is 9.59 Å². The van der Waals surface area contributed by atoms with Crippen LogP contribution < -0.4 is 28.4 Å². The van der Waals surface area contributed by atoms with Gasteiger partial charge in [-0.1, -0.05) is 36.4 Å². The van der Waals surface area contributed by atoms with Crippen molar-refractivity contribution in [1.29, 1.82) is 0 Å². The van der Waals surface area contributed by atoms with Crippen LogP contribution >= 0.6 is 0 Å². The summed E-state index contributed by atoms with van der Waals surface area (Å²) in [4.78, 5) is 23.1. The number of fused-ring (bicyclic) bond motifs is 1. The first-order valence-electron chi connectivity index (χ1n) is 13.5. The van der Waals surface area contributed by atoms with Gasteiger partial charge in [0.15, 0.2) is 46.3 Å².